The first-order valence-corrected chi connectivity index (χ1v) is 7.75. The molecule has 0 amide bonds. The summed E-state index contributed by atoms with van der Waals surface area (Å²) in [5, 5.41) is 0.656. The molecule has 0 N–H and O–H groups in total. The van der Waals surface area contributed by atoms with Crippen LogP contribution in [0.2, 0.25) is 5.02 Å². The number of ketones is 1. The molecule has 0 aliphatic carbocycles. The molecule has 1 nitrogen and oxygen atoms in total. The molecule has 3 heteroatoms. The van der Waals surface area contributed by atoms with E-state index < -0.39 is 0 Å². The number of carbonyl (C=O) groups excluding carboxylic acids is 1. The summed E-state index contributed by atoms with van der Waals surface area (Å²) < 4.78 is 0.160. The fourth-order valence-corrected chi connectivity index (χ4v) is 3.28. The number of carbonyl (C=O) groups is 1. The van der Waals surface area contributed by atoms with Gasteiger partial charge < -0.3 is 0 Å². The van der Waals surface area contributed by atoms with Crippen molar-refractivity contribution in [3.63, 3.8) is 0 Å². The fraction of sp³-hybridized carbons (Fsp3) is 0.500. The molecule has 0 aliphatic heterocycles. The number of hydrogen-bond acceptors (Lipinski definition) is 1. The van der Waals surface area contributed by atoms with Crippen LogP contribution in [0, 0.1) is 0 Å². The largest absolute Gasteiger partial charge is 0.289 e. The number of hydrogen-bond donors (Lipinski definition) is 0. The Morgan fingerprint density at radius 2 is 1.94 bits per heavy atom. The second-order valence-electron chi connectivity index (χ2n) is 5.19. The van der Waals surface area contributed by atoms with E-state index in [9.17, 15) is 4.79 Å². The lowest BCUT2D eigenvalue weighted by atomic mass is 10.1. The normalized spacial score (nSPS) is 15.4. The summed E-state index contributed by atoms with van der Waals surface area (Å²) in [6.45, 7) is 8.55. The molecule has 1 aromatic carbocycles. The van der Waals surface area contributed by atoms with Crippen molar-refractivity contribution in [2.45, 2.75) is 37.7 Å². The monoisotopic (exact) mass is 271 g/mol. The van der Waals surface area contributed by atoms with Gasteiger partial charge >= 0.3 is 0 Å². The minimum Gasteiger partial charge on any atom is -0.289 e. The first kappa shape index (κ1) is 14.6. The molecule has 0 bridgehead atoms. The molecule has 0 saturated heterocycles. The Labute approximate surface area is 112 Å². The van der Waals surface area contributed by atoms with Crippen LogP contribution in [0.1, 0.15) is 38.1 Å². The molecule has 0 fully saturated rings. The van der Waals surface area contributed by atoms with Crippen molar-refractivity contribution < 1.29 is 4.79 Å². The average Bonchev–Trinajstić information content (AvgIpc) is 2.25. The van der Waals surface area contributed by atoms with Crippen LogP contribution in [0.25, 0.3) is 0 Å². The van der Waals surface area contributed by atoms with Gasteiger partial charge in [0.15, 0.2) is 5.25 Å². The van der Waals surface area contributed by atoms with Crippen molar-refractivity contribution >= 4 is 28.3 Å². The number of benzene rings is 1. The van der Waals surface area contributed by atoms with Crippen molar-refractivity contribution in [1.82, 2.24) is 0 Å². The molecule has 0 saturated carbocycles. The topological polar surface area (TPSA) is 17.1 Å². The van der Waals surface area contributed by atoms with E-state index in [4.69, 9.17) is 11.6 Å². The second-order valence-corrected chi connectivity index (χ2v) is 8.67. The zero-order chi connectivity index (χ0) is 13.2. The van der Waals surface area contributed by atoms with Gasteiger partial charge in [-0.3, -0.25) is 4.79 Å². The Hall–Kier alpha value is -0.470. The smallest absolute Gasteiger partial charge is 0.214 e. The molecule has 0 radical (unpaired) electrons. The Balaban J connectivity index is 2.91. The van der Waals surface area contributed by atoms with Crippen LogP contribution in [0.3, 0.4) is 0 Å². The third kappa shape index (κ3) is 3.75. The lowest BCUT2D eigenvalue weighted by Crippen LogP contribution is -2.39. The van der Waals surface area contributed by atoms with Gasteiger partial charge in [0, 0.05) is 21.5 Å². The van der Waals surface area contributed by atoms with Crippen LogP contribution in [0.15, 0.2) is 24.3 Å². The lowest BCUT2D eigenvalue weighted by molar-refractivity contribution is 0.0992. The van der Waals surface area contributed by atoms with Crippen molar-refractivity contribution in [2.24, 2.45) is 0 Å². The minimum absolute atomic E-state index is 0.0356. The van der Waals surface area contributed by atoms with Crippen LogP contribution < -0.4 is 0 Å². The van der Waals surface area contributed by atoms with Crippen molar-refractivity contribution in [2.75, 3.05) is 6.26 Å². The zero-order valence-electron chi connectivity index (χ0n) is 11.1. The van der Waals surface area contributed by atoms with Crippen LogP contribution in [-0.2, 0) is 10.9 Å². The molecular formula is C14H20ClOS+. The first-order chi connectivity index (χ1) is 7.73. The summed E-state index contributed by atoms with van der Waals surface area (Å²) >= 11 is 5.91. The quantitative estimate of drug-likeness (QED) is 0.601. The first-order valence-electron chi connectivity index (χ1n) is 5.68. The van der Waals surface area contributed by atoms with E-state index in [0.29, 0.717) is 10.6 Å². The molecule has 0 aromatic heterocycles. The maximum Gasteiger partial charge on any atom is 0.214 e. The second kappa shape index (κ2) is 5.45. The Bertz CT molecular complexity index is 409. The summed E-state index contributed by atoms with van der Waals surface area (Å²) in [6.07, 6.45) is 2.16. The summed E-state index contributed by atoms with van der Waals surface area (Å²) in [4.78, 5) is 12.3. The van der Waals surface area contributed by atoms with E-state index in [0.717, 1.165) is 0 Å². The third-order valence-corrected chi connectivity index (χ3v) is 6.42. The van der Waals surface area contributed by atoms with E-state index in [-0.39, 0.29) is 26.7 Å². The maximum absolute atomic E-state index is 12.3. The molecule has 1 rings (SSSR count). The zero-order valence-corrected chi connectivity index (χ0v) is 12.7. The molecule has 0 heterocycles. The molecule has 17 heavy (non-hydrogen) atoms. The molecule has 94 valence electrons. The van der Waals surface area contributed by atoms with Crippen molar-refractivity contribution in [1.29, 1.82) is 0 Å². The van der Waals surface area contributed by atoms with E-state index in [1.807, 2.05) is 19.1 Å². The average molecular weight is 272 g/mol. The molecule has 1 aromatic rings. The lowest BCUT2D eigenvalue weighted by Gasteiger charge is -2.22. The van der Waals surface area contributed by atoms with Gasteiger partial charge in [0.1, 0.15) is 4.75 Å². The van der Waals surface area contributed by atoms with E-state index in [1.165, 1.54) is 0 Å². The molecule has 2 atom stereocenters. The van der Waals surface area contributed by atoms with Gasteiger partial charge in [0.25, 0.3) is 0 Å². The van der Waals surface area contributed by atoms with Gasteiger partial charge in [-0.15, -0.1) is 0 Å². The van der Waals surface area contributed by atoms with Gasteiger partial charge in [0.2, 0.25) is 5.78 Å². The highest BCUT2D eigenvalue weighted by Crippen LogP contribution is 2.24. The van der Waals surface area contributed by atoms with Crippen molar-refractivity contribution in [3.05, 3.63) is 34.9 Å². The third-order valence-electron chi connectivity index (χ3n) is 2.97. The SMILES string of the molecule is CC(C(=O)c1cccc(Cl)c1)[S+](C)C(C)(C)C. The van der Waals surface area contributed by atoms with Gasteiger partial charge in [0.05, 0.1) is 6.26 Å². The van der Waals surface area contributed by atoms with Gasteiger partial charge in [-0.25, -0.2) is 0 Å². The van der Waals surface area contributed by atoms with E-state index >= 15 is 0 Å². The minimum atomic E-state index is 0.0356. The van der Waals surface area contributed by atoms with Gasteiger partial charge in [-0.05, 0) is 39.8 Å². The Morgan fingerprint density at radius 3 is 2.41 bits per heavy atom. The summed E-state index contributed by atoms with van der Waals surface area (Å²) in [5.74, 6) is 0.188. The van der Waals surface area contributed by atoms with Crippen molar-refractivity contribution in [3.8, 4) is 0 Å². The van der Waals surface area contributed by atoms with Gasteiger partial charge in [-0.1, -0.05) is 23.7 Å². The highest BCUT2D eigenvalue weighted by atomic mass is 35.5. The van der Waals surface area contributed by atoms with Crippen LogP contribution in [0.4, 0.5) is 0 Å². The fourth-order valence-electron chi connectivity index (χ4n) is 1.57. The molecule has 0 spiro atoms. The molecule has 2 unspecified atom stereocenters. The molecule has 0 aliphatic rings. The standard InChI is InChI=1S/C14H20ClOS/c1-10(17(5)14(2,3)4)13(16)11-7-6-8-12(15)9-11/h6-10H,1-5H3/q+1. The van der Waals surface area contributed by atoms with E-state index in [2.05, 4.69) is 27.0 Å². The number of halogens is 1. The van der Waals surface area contributed by atoms with Crippen LogP contribution in [0.5, 0.6) is 0 Å². The van der Waals surface area contributed by atoms with Crippen LogP contribution >= 0.6 is 11.6 Å². The highest BCUT2D eigenvalue weighted by Gasteiger charge is 2.39. The van der Waals surface area contributed by atoms with Gasteiger partial charge in [-0.2, -0.15) is 0 Å². The molecular weight excluding hydrogens is 252 g/mol. The Morgan fingerprint density at radius 1 is 1.35 bits per heavy atom. The predicted octanol–water partition coefficient (Wildman–Crippen LogP) is 3.96. The predicted molar refractivity (Wildman–Crippen MR) is 78.3 cm³/mol. The van der Waals surface area contributed by atoms with E-state index in [1.54, 1.807) is 12.1 Å². The number of rotatable bonds is 3. The Kier molecular flexibility index (Phi) is 4.68. The maximum atomic E-state index is 12.3. The number of Topliss-reactive ketones (excluding diaryl/α,β-unsaturated/α-hetero) is 1. The van der Waals surface area contributed by atoms with Crippen LogP contribution in [-0.4, -0.2) is 22.0 Å². The summed E-state index contributed by atoms with van der Waals surface area (Å²) in [5.41, 5.74) is 0.716. The highest BCUT2D eigenvalue weighted by molar-refractivity contribution is 7.98. The summed E-state index contributed by atoms with van der Waals surface area (Å²) in [6, 6.07) is 7.20. The summed E-state index contributed by atoms with van der Waals surface area (Å²) in [7, 11) is 0.0381.